The van der Waals surface area contributed by atoms with Gasteiger partial charge in [-0.15, -0.1) is 0 Å². The summed E-state index contributed by atoms with van der Waals surface area (Å²) in [4.78, 5) is 27.4. The highest BCUT2D eigenvalue weighted by atomic mass is 16.4. The van der Waals surface area contributed by atoms with E-state index in [9.17, 15) is 9.59 Å². The van der Waals surface area contributed by atoms with Crippen molar-refractivity contribution in [2.24, 2.45) is 0 Å². The largest absolute Gasteiger partial charge is 0.481 e. The highest BCUT2D eigenvalue weighted by Gasteiger charge is 2.17. The third kappa shape index (κ3) is 8.22. The molecule has 3 N–H and O–H groups in total. The summed E-state index contributed by atoms with van der Waals surface area (Å²) in [5, 5.41) is 19.3. The number of anilines is 1. The lowest BCUT2D eigenvalue weighted by atomic mass is 9.90. The molecule has 8 heteroatoms. The molecule has 36 heavy (non-hydrogen) atoms. The van der Waals surface area contributed by atoms with E-state index in [2.05, 4.69) is 48.4 Å². The molecule has 0 aliphatic carbocycles. The normalized spacial score (nSPS) is 11.7. The molecule has 0 saturated carbocycles. The average Bonchev–Trinajstić information content (AvgIpc) is 3.36. The summed E-state index contributed by atoms with van der Waals surface area (Å²) in [6, 6.07) is 11.4. The molecule has 2 heterocycles. The first-order valence-electron chi connectivity index (χ1n) is 12.6. The third-order valence-electron chi connectivity index (χ3n) is 5.55. The summed E-state index contributed by atoms with van der Waals surface area (Å²) in [5.41, 5.74) is 3.65. The fourth-order valence-corrected chi connectivity index (χ4v) is 3.51. The van der Waals surface area contributed by atoms with Crippen LogP contribution in [0, 0.1) is 0 Å². The van der Waals surface area contributed by atoms with Gasteiger partial charge in [-0.3, -0.25) is 9.59 Å². The number of hydrogen-bond acceptors (Lipinski definition) is 5. The minimum absolute atomic E-state index is 0.0296. The zero-order valence-corrected chi connectivity index (χ0v) is 22.2. The van der Waals surface area contributed by atoms with Crippen molar-refractivity contribution in [3.05, 3.63) is 71.7 Å². The number of carbonyl (C=O) groups is 2. The van der Waals surface area contributed by atoms with Gasteiger partial charge in [0.2, 0.25) is 0 Å². The van der Waals surface area contributed by atoms with Crippen molar-refractivity contribution < 1.29 is 14.7 Å². The van der Waals surface area contributed by atoms with Crippen LogP contribution in [0.5, 0.6) is 0 Å². The molecule has 3 rings (SSSR count). The fraction of sp³-hybridized carbons (Fsp3) is 0.429. The lowest BCUT2D eigenvalue weighted by Crippen LogP contribution is -2.26. The number of carboxylic acids is 1. The standard InChI is InChI=1S/C26H33N5O3.C2H6/c1-5-6-22(18-7-9-19(10-8-18)25(34)27-14-13-24(32)33)30-21-11-12-23(28-16-21)31-17-20(15-29-31)26(2,3)4;1-2/h7-12,15-17,22,30H,5-6,13-14H2,1-4H3,(H,27,34)(H,32,33);1-2H3. The fourth-order valence-electron chi connectivity index (χ4n) is 3.51. The number of benzene rings is 1. The first-order valence-corrected chi connectivity index (χ1v) is 12.6. The Hall–Kier alpha value is -3.68. The van der Waals surface area contributed by atoms with Gasteiger partial charge in [0.15, 0.2) is 5.82 Å². The molecule has 0 bridgehead atoms. The van der Waals surface area contributed by atoms with E-state index in [-0.39, 0.29) is 30.3 Å². The van der Waals surface area contributed by atoms with E-state index in [1.54, 1.807) is 23.0 Å². The number of rotatable bonds is 10. The lowest BCUT2D eigenvalue weighted by molar-refractivity contribution is -0.136. The maximum Gasteiger partial charge on any atom is 0.305 e. The minimum atomic E-state index is -0.939. The Labute approximate surface area is 214 Å². The minimum Gasteiger partial charge on any atom is -0.481 e. The number of nitrogens with zero attached hydrogens (tertiary/aromatic N) is 3. The first-order chi connectivity index (χ1) is 17.2. The van der Waals surface area contributed by atoms with Gasteiger partial charge in [0.1, 0.15) is 0 Å². The summed E-state index contributed by atoms with van der Waals surface area (Å²) in [5.74, 6) is -0.460. The van der Waals surface area contributed by atoms with E-state index < -0.39 is 5.97 Å². The number of carbonyl (C=O) groups excluding carboxylic acids is 1. The van der Waals surface area contributed by atoms with E-state index in [4.69, 9.17) is 5.11 Å². The smallest absolute Gasteiger partial charge is 0.305 e. The number of carboxylic acid groups (broad SMARTS) is 1. The van der Waals surface area contributed by atoms with Gasteiger partial charge >= 0.3 is 5.97 Å². The SMILES string of the molecule is CC.CCCC(Nc1ccc(-n2cc(C(C)(C)C)cn2)nc1)c1ccc(C(=O)NCCC(=O)O)cc1. The Morgan fingerprint density at radius 3 is 2.28 bits per heavy atom. The summed E-state index contributed by atoms with van der Waals surface area (Å²) in [6.45, 7) is 12.7. The van der Waals surface area contributed by atoms with Crippen molar-refractivity contribution in [2.45, 2.75) is 72.3 Å². The lowest BCUT2D eigenvalue weighted by Gasteiger charge is -2.20. The number of hydrogen-bond donors (Lipinski definition) is 3. The molecule has 0 spiro atoms. The molecule has 0 fully saturated rings. The zero-order chi connectivity index (χ0) is 26.7. The van der Waals surface area contributed by atoms with Gasteiger partial charge < -0.3 is 15.7 Å². The molecule has 0 aliphatic rings. The van der Waals surface area contributed by atoms with Gasteiger partial charge in [-0.1, -0.05) is 60.1 Å². The molecule has 1 aromatic carbocycles. The molecule has 1 amide bonds. The monoisotopic (exact) mass is 493 g/mol. The third-order valence-corrected chi connectivity index (χ3v) is 5.55. The van der Waals surface area contributed by atoms with Gasteiger partial charge in [-0.05, 0) is 47.2 Å². The van der Waals surface area contributed by atoms with Crippen molar-refractivity contribution in [2.75, 3.05) is 11.9 Å². The van der Waals surface area contributed by atoms with Gasteiger partial charge in [0.05, 0.1) is 30.5 Å². The predicted molar refractivity (Wildman–Crippen MR) is 144 cm³/mol. The number of nitrogens with one attached hydrogen (secondary N) is 2. The maximum absolute atomic E-state index is 12.2. The van der Waals surface area contributed by atoms with Crippen molar-refractivity contribution in [1.82, 2.24) is 20.1 Å². The quantitative estimate of drug-likeness (QED) is 0.332. The number of amides is 1. The van der Waals surface area contributed by atoms with Crippen molar-refractivity contribution in [3.8, 4) is 5.82 Å². The summed E-state index contributed by atoms with van der Waals surface area (Å²) >= 11 is 0. The second-order valence-corrected chi connectivity index (χ2v) is 9.34. The van der Waals surface area contributed by atoms with Crippen LogP contribution < -0.4 is 10.6 Å². The Balaban J connectivity index is 0.00000222. The molecule has 8 nitrogen and oxygen atoms in total. The molecular formula is C28H39N5O3. The van der Waals surface area contributed by atoms with Crippen LogP contribution in [0.2, 0.25) is 0 Å². The van der Waals surface area contributed by atoms with Crippen LogP contribution in [0.3, 0.4) is 0 Å². The Morgan fingerprint density at radius 1 is 1.06 bits per heavy atom. The molecule has 194 valence electrons. The van der Waals surface area contributed by atoms with Crippen molar-refractivity contribution in [1.29, 1.82) is 0 Å². The van der Waals surface area contributed by atoms with Gasteiger partial charge in [0, 0.05) is 18.3 Å². The number of aromatic nitrogens is 3. The Bertz CT molecular complexity index is 1100. The molecule has 1 atom stereocenters. The highest BCUT2D eigenvalue weighted by molar-refractivity contribution is 5.94. The summed E-state index contributed by atoms with van der Waals surface area (Å²) in [7, 11) is 0. The van der Waals surface area contributed by atoms with Crippen LogP contribution >= 0.6 is 0 Å². The topological polar surface area (TPSA) is 109 Å². The van der Waals surface area contributed by atoms with Gasteiger partial charge in [-0.25, -0.2) is 9.67 Å². The van der Waals surface area contributed by atoms with Crippen LogP contribution in [-0.2, 0) is 10.2 Å². The van der Waals surface area contributed by atoms with Crippen LogP contribution in [-0.4, -0.2) is 38.3 Å². The molecular weight excluding hydrogens is 454 g/mol. The molecule has 2 aromatic heterocycles. The van der Waals surface area contributed by atoms with E-state index in [1.807, 2.05) is 50.5 Å². The zero-order valence-electron chi connectivity index (χ0n) is 22.2. The molecule has 0 aliphatic heterocycles. The second kappa shape index (κ2) is 13.4. The highest BCUT2D eigenvalue weighted by Crippen LogP contribution is 2.25. The van der Waals surface area contributed by atoms with E-state index in [1.165, 1.54) is 0 Å². The predicted octanol–water partition coefficient (Wildman–Crippen LogP) is 5.75. The maximum atomic E-state index is 12.2. The van der Waals surface area contributed by atoms with Gasteiger partial charge in [-0.2, -0.15) is 5.10 Å². The summed E-state index contributed by atoms with van der Waals surface area (Å²) < 4.78 is 1.79. The molecule has 1 unspecified atom stereocenters. The van der Waals surface area contributed by atoms with E-state index in [0.29, 0.717) is 5.56 Å². The molecule has 0 radical (unpaired) electrons. The van der Waals surface area contributed by atoms with Crippen LogP contribution in [0.4, 0.5) is 5.69 Å². The van der Waals surface area contributed by atoms with E-state index in [0.717, 1.165) is 35.5 Å². The second-order valence-electron chi connectivity index (χ2n) is 9.34. The van der Waals surface area contributed by atoms with Crippen LogP contribution in [0.1, 0.15) is 88.3 Å². The van der Waals surface area contributed by atoms with Crippen LogP contribution in [0.15, 0.2) is 55.0 Å². The molecule has 0 saturated heterocycles. The van der Waals surface area contributed by atoms with Crippen molar-refractivity contribution in [3.63, 3.8) is 0 Å². The number of pyridine rings is 1. The molecule has 3 aromatic rings. The summed E-state index contributed by atoms with van der Waals surface area (Å²) in [6.07, 6.45) is 7.50. The van der Waals surface area contributed by atoms with Gasteiger partial charge in [0.25, 0.3) is 5.91 Å². The van der Waals surface area contributed by atoms with Crippen LogP contribution in [0.25, 0.3) is 5.82 Å². The van der Waals surface area contributed by atoms with E-state index >= 15 is 0 Å². The number of aliphatic carboxylic acids is 1. The Kier molecular flexibility index (Phi) is 10.6. The van der Waals surface area contributed by atoms with Crippen molar-refractivity contribution >= 4 is 17.6 Å². The first kappa shape index (κ1) is 28.6. The average molecular weight is 494 g/mol. The Morgan fingerprint density at radius 2 is 1.75 bits per heavy atom.